The van der Waals surface area contributed by atoms with Crippen molar-refractivity contribution >= 4 is 10.2 Å². The second kappa shape index (κ2) is 5.64. The third-order valence-electron chi connectivity index (χ3n) is 1.52. The Morgan fingerprint density at radius 2 is 1.87 bits per heavy atom. The third kappa shape index (κ3) is 8.60. The van der Waals surface area contributed by atoms with Crippen molar-refractivity contribution in [2.24, 2.45) is 5.73 Å². The first-order valence-electron chi connectivity index (χ1n) is 4.23. The first-order chi connectivity index (χ1) is 6.66. The van der Waals surface area contributed by atoms with Gasteiger partial charge in [0.1, 0.15) is 6.54 Å². The van der Waals surface area contributed by atoms with Crippen LogP contribution in [0.3, 0.4) is 0 Å². The summed E-state index contributed by atoms with van der Waals surface area (Å²) in [6.07, 6.45) is -4.04. The molecule has 92 valence electrons. The number of alkyl halides is 3. The summed E-state index contributed by atoms with van der Waals surface area (Å²) in [6, 6.07) is -0.410. The van der Waals surface area contributed by atoms with E-state index in [2.05, 4.69) is 0 Å². The summed E-state index contributed by atoms with van der Waals surface area (Å²) < 4.78 is 60.1. The third-order valence-corrected chi connectivity index (χ3v) is 2.59. The van der Waals surface area contributed by atoms with E-state index in [1.54, 1.807) is 6.92 Å². The molecule has 0 fully saturated rings. The van der Waals surface area contributed by atoms with Crippen LogP contribution in [0.1, 0.15) is 13.3 Å². The van der Waals surface area contributed by atoms with Crippen LogP contribution in [-0.4, -0.2) is 33.7 Å². The van der Waals surface area contributed by atoms with Crippen molar-refractivity contribution < 1.29 is 21.6 Å². The minimum atomic E-state index is -4.57. The highest BCUT2D eigenvalue weighted by Crippen LogP contribution is 2.12. The van der Waals surface area contributed by atoms with E-state index in [4.69, 9.17) is 5.73 Å². The highest BCUT2D eigenvalue weighted by atomic mass is 32.2. The fraction of sp³-hybridized carbons (Fsp3) is 1.00. The number of hydrogen-bond donors (Lipinski definition) is 3. The zero-order valence-corrected chi connectivity index (χ0v) is 8.95. The van der Waals surface area contributed by atoms with E-state index in [0.29, 0.717) is 6.42 Å². The summed E-state index contributed by atoms with van der Waals surface area (Å²) in [5.74, 6) is 0. The quantitative estimate of drug-likeness (QED) is 0.605. The molecular weight excluding hydrogens is 235 g/mol. The van der Waals surface area contributed by atoms with Crippen LogP contribution in [0, 0.1) is 0 Å². The summed E-state index contributed by atoms with van der Waals surface area (Å²) in [4.78, 5) is 0. The van der Waals surface area contributed by atoms with E-state index in [9.17, 15) is 21.6 Å². The summed E-state index contributed by atoms with van der Waals surface area (Å²) in [5, 5.41) is 0. The van der Waals surface area contributed by atoms with E-state index in [1.165, 1.54) is 4.72 Å². The Labute approximate surface area is 86.4 Å². The minimum absolute atomic E-state index is 0.0936. The van der Waals surface area contributed by atoms with Crippen LogP contribution >= 0.6 is 0 Å². The average molecular weight is 249 g/mol. The molecule has 0 aromatic carbocycles. The van der Waals surface area contributed by atoms with Crippen LogP contribution in [-0.2, 0) is 10.2 Å². The number of hydrogen-bond acceptors (Lipinski definition) is 3. The van der Waals surface area contributed by atoms with Gasteiger partial charge in [0.05, 0.1) is 0 Å². The van der Waals surface area contributed by atoms with Gasteiger partial charge < -0.3 is 5.73 Å². The van der Waals surface area contributed by atoms with Gasteiger partial charge in [0.25, 0.3) is 10.2 Å². The van der Waals surface area contributed by atoms with Crippen LogP contribution in [0.2, 0.25) is 0 Å². The monoisotopic (exact) mass is 249 g/mol. The van der Waals surface area contributed by atoms with Gasteiger partial charge in [-0.3, -0.25) is 0 Å². The van der Waals surface area contributed by atoms with Crippen LogP contribution < -0.4 is 15.2 Å². The molecular formula is C6H14F3N3O2S. The van der Waals surface area contributed by atoms with Crippen molar-refractivity contribution in [2.75, 3.05) is 13.1 Å². The van der Waals surface area contributed by atoms with Gasteiger partial charge in [0.15, 0.2) is 0 Å². The van der Waals surface area contributed by atoms with Gasteiger partial charge in [-0.2, -0.15) is 26.3 Å². The van der Waals surface area contributed by atoms with Crippen molar-refractivity contribution in [3.63, 3.8) is 0 Å². The molecule has 4 N–H and O–H groups in total. The summed E-state index contributed by atoms with van der Waals surface area (Å²) in [6.45, 7) is 0.0511. The van der Waals surface area contributed by atoms with E-state index in [0.717, 1.165) is 0 Å². The molecule has 5 nitrogen and oxygen atoms in total. The van der Waals surface area contributed by atoms with Gasteiger partial charge in [0.2, 0.25) is 0 Å². The molecule has 0 saturated heterocycles. The molecule has 0 bridgehead atoms. The number of halogens is 3. The standard InChI is InChI=1S/C6H14F3N3O2S/c1-2-5(10)3-11-15(13,14)12-4-6(7,8)9/h5,11-12H,2-4,10H2,1H3. The predicted octanol–water partition coefficient (Wildman–Crippen LogP) is -0.290. The lowest BCUT2D eigenvalue weighted by molar-refractivity contribution is -0.121. The molecule has 1 atom stereocenters. The molecule has 0 aliphatic carbocycles. The lowest BCUT2D eigenvalue weighted by atomic mass is 10.2. The molecule has 0 heterocycles. The van der Waals surface area contributed by atoms with Gasteiger partial charge in [-0.25, -0.2) is 4.72 Å². The average Bonchev–Trinajstić information content (AvgIpc) is 2.10. The maximum atomic E-state index is 11.7. The van der Waals surface area contributed by atoms with E-state index >= 15 is 0 Å². The van der Waals surface area contributed by atoms with E-state index in [1.807, 2.05) is 4.72 Å². The molecule has 15 heavy (non-hydrogen) atoms. The highest BCUT2D eigenvalue weighted by molar-refractivity contribution is 7.87. The highest BCUT2D eigenvalue weighted by Gasteiger charge is 2.29. The van der Waals surface area contributed by atoms with Crippen molar-refractivity contribution in [1.29, 1.82) is 0 Å². The fourth-order valence-corrected chi connectivity index (χ4v) is 1.48. The van der Waals surface area contributed by atoms with Crippen LogP contribution in [0.4, 0.5) is 13.2 Å². The molecule has 0 aliphatic rings. The maximum Gasteiger partial charge on any atom is 0.402 e. The van der Waals surface area contributed by atoms with Gasteiger partial charge in [-0.1, -0.05) is 6.92 Å². The fourth-order valence-electron chi connectivity index (χ4n) is 0.589. The number of rotatable bonds is 6. The smallest absolute Gasteiger partial charge is 0.327 e. The van der Waals surface area contributed by atoms with Gasteiger partial charge in [-0.05, 0) is 6.42 Å². The van der Waals surface area contributed by atoms with Gasteiger partial charge in [0, 0.05) is 12.6 Å². The lowest BCUT2D eigenvalue weighted by Crippen LogP contribution is -2.45. The molecule has 0 saturated carbocycles. The van der Waals surface area contributed by atoms with Crippen molar-refractivity contribution in [3.05, 3.63) is 0 Å². The zero-order valence-electron chi connectivity index (χ0n) is 8.13. The van der Waals surface area contributed by atoms with Crippen molar-refractivity contribution in [3.8, 4) is 0 Å². The minimum Gasteiger partial charge on any atom is -0.327 e. The lowest BCUT2D eigenvalue weighted by Gasteiger charge is -2.12. The molecule has 0 aromatic rings. The maximum absolute atomic E-state index is 11.7. The SMILES string of the molecule is CCC(N)CNS(=O)(=O)NCC(F)(F)F. The number of nitrogens with one attached hydrogen (secondary N) is 2. The molecule has 0 radical (unpaired) electrons. The predicted molar refractivity (Wildman–Crippen MR) is 49.2 cm³/mol. The van der Waals surface area contributed by atoms with Crippen LogP contribution in [0.15, 0.2) is 0 Å². The second-order valence-electron chi connectivity index (χ2n) is 2.96. The molecule has 0 rings (SSSR count). The van der Waals surface area contributed by atoms with E-state index in [-0.39, 0.29) is 6.54 Å². The first kappa shape index (κ1) is 14.6. The Balaban J connectivity index is 3.99. The van der Waals surface area contributed by atoms with Crippen LogP contribution in [0.25, 0.3) is 0 Å². The topological polar surface area (TPSA) is 84.2 Å². The molecule has 0 aromatic heterocycles. The Morgan fingerprint density at radius 1 is 1.33 bits per heavy atom. The molecule has 0 amide bonds. The molecule has 0 spiro atoms. The Morgan fingerprint density at radius 3 is 2.27 bits per heavy atom. The molecule has 1 unspecified atom stereocenters. The second-order valence-corrected chi connectivity index (χ2v) is 4.54. The summed E-state index contributed by atoms with van der Waals surface area (Å²) in [7, 11) is -4.12. The molecule has 0 aliphatic heterocycles. The van der Waals surface area contributed by atoms with Gasteiger partial charge >= 0.3 is 6.18 Å². The van der Waals surface area contributed by atoms with Crippen molar-refractivity contribution in [2.45, 2.75) is 25.6 Å². The largest absolute Gasteiger partial charge is 0.402 e. The Hall–Kier alpha value is -0.380. The molecule has 9 heteroatoms. The van der Waals surface area contributed by atoms with Crippen molar-refractivity contribution in [1.82, 2.24) is 9.44 Å². The normalized spacial score (nSPS) is 15.3. The summed E-state index contributed by atoms with van der Waals surface area (Å²) >= 11 is 0. The van der Waals surface area contributed by atoms with Gasteiger partial charge in [-0.15, -0.1) is 0 Å². The zero-order chi connectivity index (χ0) is 12.1. The Kier molecular flexibility index (Phi) is 5.49. The van der Waals surface area contributed by atoms with Crippen LogP contribution in [0.5, 0.6) is 0 Å². The first-order valence-corrected chi connectivity index (χ1v) is 5.71. The Bertz CT molecular complexity index is 278. The summed E-state index contributed by atoms with van der Waals surface area (Å²) in [5.41, 5.74) is 5.39. The van der Waals surface area contributed by atoms with E-state index < -0.39 is 29.0 Å². The number of nitrogens with two attached hydrogens (primary N) is 1.